The molecule has 1 saturated heterocycles. The molecule has 11 heteroatoms. The van der Waals surface area contributed by atoms with Gasteiger partial charge in [0, 0.05) is 31.9 Å². The normalized spacial score (nSPS) is 18.3. The summed E-state index contributed by atoms with van der Waals surface area (Å²) in [4.78, 5) is 11.7. The molecule has 1 atom stereocenters. The number of anilines is 1. The Labute approximate surface area is 180 Å². The van der Waals surface area contributed by atoms with Crippen molar-refractivity contribution in [2.75, 3.05) is 17.8 Å². The lowest BCUT2D eigenvalue weighted by molar-refractivity contribution is 0.281. The molecule has 0 bridgehead atoms. The molecule has 2 aromatic carbocycles. The molecule has 1 unspecified atom stereocenters. The second-order valence-electron chi connectivity index (χ2n) is 7.80. The fraction of sp³-hybridized carbons (Fsp3) is 0.350. The first kappa shape index (κ1) is 21.6. The van der Waals surface area contributed by atoms with Crippen LogP contribution in [0, 0.1) is 5.92 Å². The summed E-state index contributed by atoms with van der Waals surface area (Å²) in [7, 11) is -6.06. The van der Waals surface area contributed by atoms with Crippen molar-refractivity contribution in [2.45, 2.75) is 29.6 Å². The van der Waals surface area contributed by atoms with Crippen LogP contribution in [-0.2, 0) is 27.1 Å². The van der Waals surface area contributed by atoms with Gasteiger partial charge in [0.2, 0.25) is 10.0 Å². The second-order valence-corrected chi connectivity index (χ2v) is 11.4. The van der Waals surface area contributed by atoms with Gasteiger partial charge in [0.25, 0.3) is 10.0 Å². The third-order valence-corrected chi connectivity index (χ3v) is 8.70. The van der Waals surface area contributed by atoms with Gasteiger partial charge in [-0.05, 0) is 55.2 Å². The summed E-state index contributed by atoms with van der Waals surface area (Å²) in [6, 6.07) is 9.76. The Morgan fingerprint density at radius 1 is 1.03 bits per heavy atom. The predicted octanol–water partition coefficient (Wildman–Crippen LogP) is 2.35. The van der Waals surface area contributed by atoms with E-state index in [-0.39, 0.29) is 21.1 Å². The molecule has 0 spiro atoms. The Morgan fingerprint density at radius 3 is 2.39 bits per heavy atom. The van der Waals surface area contributed by atoms with Crippen molar-refractivity contribution in [1.82, 2.24) is 8.87 Å². The molecule has 0 aliphatic carbocycles. The van der Waals surface area contributed by atoms with Crippen LogP contribution in [0.1, 0.15) is 19.8 Å². The standard InChI is InChI=1S/C20H23N3O6S2/c1-14-4-3-11-23(13-14)31(27,28)16-7-5-15(6-8-16)21-30(25,26)17-9-10-18-19(12-17)29-20(24)22(18)2/h5-10,12,14,21H,3-4,11,13H2,1-2H3. The monoisotopic (exact) mass is 465 g/mol. The van der Waals surface area contributed by atoms with Gasteiger partial charge in [0.1, 0.15) is 0 Å². The van der Waals surface area contributed by atoms with Crippen molar-refractivity contribution in [1.29, 1.82) is 0 Å². The van der Waals surface area contributed by atoms with E-state index in [4.69, 9.17) is 4.42 Å². The zero-order valence-electron chi connectivity index (χ0n) is 17.1. The molecular formula is C20H23N3O6S2. The number of aryl methyl sites for hydroxylation is 1. The van der Waals surface area contributed by atoms with Crippen LogP contribution in [0.3, 0.4) is 0 Å². The van der Waals surface area contributed by atoms with Gasteiger partial charge in [-0.1, -0.05) is 6.92 Å². The van der Waals surface area contributed by atoms with Crippen LogP contribution in [0.5, 0.6) is 0 Å². The first-order valence-electron chi connectivity index (χ1n) is 9.80. The maximum atomic E-state index is 12.9. The molecule has 1 fully saturated rings. The van der Waals surface area contributed by atoms with Crippen molar-refractivity contribution >= 4 is 36.8 Å². The number of piperidine rings is 1. The maximum absolute atomic E-state index is 12.9. The van der Waals surface area contributed by atoms with Gasteiger partial charge in [-0.25, -0.2) is 21.6 Å². The fourth-order valence-corrected chi connectivity index (χ4v) is 6.38. The van der Waals surface area contributed by atoms with Crippen molar-refractivity contribution in [3.05, 3.63) is 53.0 Å². The van der Waals surface area contributed by atoms with Crippen LogP contribution in [0.4, 0.5) is 5.69 Å². The van der Waals surface area contributed by atoms with E-state index in [0.29, 0.717) is 24.5 Å². The van der Waals surface area contributed by atoms with Gasteiger partial charge >= 0.3 is 5.76 Å². The highest BCUT2D eigenvalue weighted by atomic mass is 32.2. The third kappa shape index (κ3) is 4.12. The molecule has 1 N–H and O–H groups in total. The summed E-state index contributed by atoms with van der Waals surface area (Å²) < 4.78 is 61.4. The van der Waals surface area contributed by atoms with Crippen LogP contribution < -0.4 is 10.5 Å². The van der Waals surface area contributed by atoms with Gasteiger partial charge in [-0.3, -0.25) is 9.29 Å². The molecule has 2 heterocycles. The number of benzene rings is 2. The number of nitrogens with one attached hydrogen (secondary N) is 1. The summed E-state index contributed by atoms with van der Waals surface area (Å²) in [5.74, 6) is -0.279. The average Bonchev–Trinajstić information content (AvgIpc) is 3.01. The van der Waals surface area contributed by atoms with Crippen LogP contribution in [0.15, 0.2) is 61.5 Å². The van der Waals surface area contributed by atoms with E-state index < -0.39 is 25.8 Å². The third-order valence-electron chi connectivity index (χ3n) is 5.44. The Hall–Kier alpha value is -2.63. The minimum absolute atomic E-state index is 0.0756. The van der Waals surface area contributed by atoms with E-state index >= 15 is 0 Å². The zero-order valence-corrected chi connectivity index (χ0v) is 18.7. The molecule has 3 aromatic rings. The molecule has 1 aromatic heterocycles. The Balaban J connectivity index is 1.56. The molecule has 166 valence electrons. The van der Waals surface area contributed by atoms with E-state index in [1.165, 1.54) is 58.4 Å². The summed E-state index contributed by atoms with van der Waals surface area (Å²) in [6.45, 7) is 2.99. The lowest BCUT2D eigenvalue weighted by Crippen LogP contribution is -2.39. The van der Waals surface area contributed by atoms with Crippen molar-refractivity contribution in [2.24, 2.45) is 13.0 Å². The number of sulfonamides is 2. The number of oxazole rings is 1. The lowest BCUT2D eigenvalue weighted by Gasteiger charge is -2.30. The van der Waals surface area contributed by atoms with Gasteiger partial charge in [0.05, 0.1) is 15.3 Å². The average molecular weight is 466 g/mol. The van der Waals surface area contributed by atoms with Gasteiger partial charge < -0.3 is 4.42 Å². The number of hydrogen-bond acceptors (Lipinski definition) is 6. The largest absolute Gasteiger partial charge is 0.419 e. The first-order valence-corrected chi connectivity index (χ1v) is 12.7. The minimum Gasteiger partial charge on any atom is -0.408 e. The van der Waals surface area contributed by atoms with E-state index in [0.717, 1.165) is 12.8 Å². The summed E-state index contributed by atoms with van der Waals surface area (Å²) in [5, 5.41) is 0. The molecular weight excluding hydrogens is 442 g/mol. The quantitative estimate of drug-likeness (QED) is 0.618. The zero-order chi connectivity index (χ0) is 22.4. The number of hydrogen-bond donors (Lipinski definition) is 1. The number of nitrogens with zero attached hydrogens (tertiary/aromatic N) is 2. The highest BCUT2D eigenvalue weighted by Gasteiger charge is 2.28. The van der Waals surface area contributed by atoms with Crippen LogP contribution in [-0.4, -0.2) is 38.8 Å². The van der Waals surface area contributed by atoms with Crippen LogP contribution >= 0.6 is 0 Å². The Bertz CT molecular complexity index is 1390. The van der Waals surface area contributed by atoms with E-state index in [2.05, 4.69) is 4.72 Å². The molecule has 31 heavy (non-hydrogen) atoms. The van der Waals surface area contributed by atoms with E-state index in [9.17, 15) is 21.6 Å². The number of rotatable bonds is 5. The van der Waals surface area contributed by atoms with Crippen molar-refractivity contribution in [3.63, 3.8) is 0 Å². The smallest absolute Gasteiger partial charge is 0.408 e. The van der Waals surface area contributed by atoms with Crippen molar-refractivity contribution in [3.8, 4) is 0 Å². The van der Waals surface area contributed by atoms with Crippen molar-refractivity contribution < 1.29 is 21.3 Å². The first-order chi connectivity index (χ1) is 14.6. The van der Waals surface area contributed by atoms with Crippen LogP contribution in [0.2, 0.25) is 0 Å². The predicted molar refractivity (Wildman–Crippen MR) is 116 cm³/mol. The maximum Gasteiger partial charge on any atom is 0.419 e. The molecule has 0 amide bonds. The fourth-order valence-electron chi connectivity index (χ4n) is 3.70. The Morgan fingerprint density at radius 2 is 1.71 bits per heavy atom. The summed E-state index contributed by atoms with van der Waals surface area (Å²) in [6.07, 6.45) is 1.83. The van der Waals surface area contributed by atoms with Gasteiger partial charge in [0.15, 0.2) is 5.58 Å². The van der Waals surface area contributed by atoms with Gasteiger partial charge in [-0.2, -0.15) is 4.31 Å². The molecule has 1 aliphatic rings. The second kappa shape index (κ2) is 7.81. The molecule has 0 saturated carbocycles. The summed E-state index contributed by atoms with van der Waals surface area (Å²) >= 11 is 0. The lowest BCUT2D eigenvalue weighted by atomic mass is 10.0. The topological polar surface area (TPSA) is 119 Å². The highest BCUT2D eigenvalue weighted by Crippen LogP contribution is 2.25. The number of fused-ring (bicyclic) bond motifs is 1. The molecule has 9 nitrogen and oxygen atoms in total. The SMILES string of the molecule is CC1CCCN(S(=O)(=O)c2ccc(NS(=O)(=O)c3ccc4c(c3)oc(=O)n4C)cc2)C1. The Kier molecular flexibility index (Phi) is 5.44. The highest BCUT2D eigenvalue weighted by molar-refractivity contribution is 7.92. The minimum atomic E-state index is -3.97. The molecule has 4 rings (SSSR count). The number of aromatic nitrogens is 1. The molecule has 1 aliphatic heterocycles. The van der Waals surface area contributed by atoms with Gasteiger partial charge in [-0.15, -0.1) is 0 Å². The molecule has 0 radical (unpaired) electrons. The van der Waals surface area contributed by atoms with Crippen LogP contribution in [0.25, 0.3) is 11.1 Å². The van der Waals surface area contributed by atoms with E-state index in [1.807, 2.05) is 6.92 Å². The summed E-state index contributed by atoms with van der Waals surface area (Å²) in [5.41, 5.74) is 0.860. The van der Waals surface area contributed by atoms with E-state index in [1.54, 1.807) is 0 Å².